The summed E-state index contributed by atoms with van der Waals surface area (Å²) in [5, 5.41) is 7.26. The first-order valence-electron chi connectivity index (χ1n) is 12.6. The number of nitrogens with one attached hydrogen (secondary N) is 2. The van der Waals surface area contributed by atoms with Crippen molar-refractivity contribution in [3.05, 3.63) is 107 Å². The molecule has 2 atom stereocenters. The highest BCUT2D eigenvalue weighted by Gasteiger charge is 2.29. The van der Waals surface area contributed by atoms with Gasteiger partial charge in [0.25, 0.3) is 0 Å². The largest absolute Gasteiger partial charge is 0.308 e. The van der Waals surface area contributed by atoms with Crippen LogP contribution in [0.2, 0.25) is 0 Å². The second kappa shape index (κ2) is 11.5. The maximum Gasteiger partial charge on any atom is 0.0607 e. The molecule has 0 saturated carbocycles. The van der Waals surface area contributed by atoms with E-state index in [-0.39, 0.29) is 0 Å². The van der Waals surface area contributed by atoms with Crippen molar-refractivity contribution in [2.75, 3.05) is 19.6 Å². The van der Waals surface area contributed by atoms with Gasteiger partial charge in [-0.2, -0.15) is 0 Å². The zero-order valence-corrected chi connectivity index (χ0v) is 19.9. The molecule has 3 heterocycles. The first-order chi connectivity index (χ1) is 16.9. The van der Waals surface area contributed by atoms with Crippen LogP contribution in [0.15, 0.2) is 79.1 Å². The molecule has 176 valence electrons. The van der Waals surface area contributed by atoms with Crippen LogP contribution in [0, 0.1) is 0 Å². The second-order valence-electron chi connectivity index (χ2n) is 9.38. The minimum Gasteiger partial charge on any atom is -0.308 e. The normalized spacial score (nSPS) is 19.8. The Morgan fingerprint density at radius 3 is 2.71 bits per heavy atom. The van der Waals surface area contributed by atoms with Crippen LogP contribution in [-0.2, 0) is 25.9 Å². The average molecular weight is 454 g/mol. The molecule has 0 amide bonds. The van der Waals surface area contributed by atoms with E-state index >= 15 is 0 Å². The summed E-state index contributed by atoms with van der Waals surface area (Å²) >= 11 is 0. The molecule has 3 aromatic rings. The van der Waals surface area contributed by atoms with Gasteiger partial charge in [-0.05, 0) is 60.6 Å². The SMILES string of the molecule is C(=C\CN(CC1Cc2ccccc2CN1)C1CCCc2cccnc21)/CNCc1ccccn1. The number of aryl methyl sites for hydroxylation is 1. The van der Waals surface area contributed by atoms with Gasteiger partial charge in [0.2, 0.25) is 0 Å². The highest BCUT2D eigenvalue weighted by atomic mass is 15.2. The minimum absolute atomic E-state index is 0.384. The van der Waals surface area contributed by atoms with Gasteiger partial charge < -0.3 is 10.6 Å². The molecule has 0 spiro atoms. The predicted molar refractivity (Wildman–Crippen MR) is 137 cm³/mol. The maximum absolute atomic E-state index is 4.84. The number of nitrogens with zero attached hydrogens (tertiary/aromatic N) is 3. The van der Waals surface area contributed by atoms with Crippen molar-refractivity contribution < 1.29 is 0 Å². The summed E-state index contributed by atoms with van der Waals surface area (Å²) in [7, 11) is 0. The molecular weight excluding hydrogens is 418 g/mol. The zero-order valence-electron chi connectivity index (χ0n) is 19.9. The van der Waals surface area contributed by atoms with E-state index in [1.807, 2.05) is 24.5 Å². The molecule has 0 bridgehead atoms. The lowest BCUT2D eigenvalue weighted by Crippen LogP contribution is -2.46. The van der Waals surface area contributed by atoms with Crippen LogP contribution in [0.5, 0.6) is 0 Å². The Labute approximate surface area is 203 Å². The van der Waals surface area contributed by atoms with Crippen molar-refractivity contribution in [3.63, 3.8) is 0 Å². The molecule has 34 heavy (non-hydrogen) atoms. The molecule has 5 rings (SSSR count). The summed E-state index contributed by atoms with van der Waals surface area (Å²) in [5.74, 6) is 0. The number of pyridine rings is 2. The molecule has 1 aromatic carbocycles. The number of fused-ring (bicyclic) bond motifs is 2. The fourth-order valence-corrected chi connectivity index (χ4v) is 5.28. The molecule has 1 aliphatic carbocycles. The fourth-order valence-electron chi connectivity index (χ4n) is 5.28. The third-order valence-corrected chi connectivity index (χ3v) is 7.03. The van der Waals surface area contributed by atoms with E-state index in [0.717, 1.165) is 51.3 Å². The monoisotopic (exact) mass is 453 g/mol. The smallest absolute Gasteiger partial charge is 0.0607 e. The third kappa shape index (κ3) is 5.79. The van der Waals surface area contributed by atoms with Gasteiger partial charge in [0.15, 0.2) is 0 Å². The number of aromatic nitrogens is 2. The summed E-state index contributed by atoms with van der Waals surface area (Å²) in [4.78, 5) is 11.9. The van der Waals surface area contributed by atoms with Crippen molar-refractivity contribution in [1.29, 1.82) is 0 Å². The molecule has 5 heteroatoms. The van der Waals surface area contributed by atoms with Gasteiger partial charge in [0, 0.05) is 51.2 Å². The first kappa shape index (κ1) is 22.9. The quantitative estimate of drug-likeness (QED) is 0.375. The van der Waals surface area contributed by atoms with Crippen LogP contribution in [0.4, 0.5) is 0 Å². The Morgan fingerprint density at radius 2 is 1.79 bits per heavy atom. The highest BCUT2D eigenvalue weighted by Crippen LogP contribution is 2.33. The van der Waals surface area contributed by atoms with Gasteiger partial charge in [-0.15, -0.1) is 0 Å². The van der Waals surface area contributed by atoms with Gasteiger partial charge in [-0.1, -0.05) is 48.6 Å². The summed E-state index contributed by atoms with van der Waals surface area (Å²) in [5.41, 5.74) is 6.71. The van der Waals surface area contributed by atoms with Gasteiger partial charge >= 0.3 is 0 Å². The van der Waals surface area contributed by atoms with Crippen molar-refractivity contribution in [2.45, 2.75) is 50.9 Å². The number of hydrogen-bond acceptors (Lipinski definition) is 5. The average Bonchev–Trinajstić information content (AvgIpc) is 2.90. The van der Waals surface area contributed by atoms with E-state index in [4.69, 9.17) is 4.98 Å². The van der Waals surface area contributed by atoms with Crippen molar-refractivity contribution in [2.24, 2.45) is 0 Å². The van der Waals surface area contributed by atoms with Crippen LogP contribution in [-0.4, -0.2) is 40.5 Å². The molecule has 2 aromatic heterocycles. The lowest BCUT2D eigenvalue weighted by Gasteiger charge is -2.38. The summed E-state index contributed by atoms with van der Waals surface area (Å²) in [6.07, 6.45) is 13.0. The molecule has 2 aliphatic rings. The summed E-state index contributed by atoms with van der Waals surface area (Å²) in [6.45, 7) is 4.56. The predicted octanol–water partition coefficient (Wildman–Crippen LogP) is 4.22. The molecule has 0 saturated heterocycles. The third-order valence-electron chi connectivity index (χ3n) is 7.03. The van der Waals surface area contributed by atoms with E-state index < -0.39 is 0 Å². The van der Waals surface area contributed by atoms with Crippen LogP contribution < -0.4 is 10.6 Å². The van der Waals surface area contributed by atoms with Crippen LogP contribution >= 0.6 is 0 Å². The fraction of sp³-hybridized carbons (Fsp3) is 0.379. The molecule has 0 fully saturated rings. The number of rotatable bonds is 9. The van der Waals surface area contributed by atoms with E-state index in [2.05, 4.69) is 75.1 Å². The Morgan fingerprint density at radius 1 is 0.941 bits per heavy atom. The highest BCUT2D eigenvalue weighted by molar-refractivity contribution is 5.30. The lowest BCUT2D eigenvalue weighted by molar-refractivity contribution is 0.170. The zero-order chi connectivity index (χ0) is 23.0. The van der Waals surface area contributed by atoms with Crippen molar-refractivity contribution in [1.82, 2.24) is 25.5 Å². The van der Waals surface area contributed by atoms with Crippen LogP contribution in [0.3, 0.4) is 0 Å². The topological polar surface area (TPSA) is 53.1 Å². The Kier molecular flexibility index (Phi) is 7.76. The van der Waals surface area contributed by atoms with Gasteiger partial charge in [0.1, 0.15) is 0 Å². The van der Waals surface area contributed by atoms with Gasteiger partial charge in [-0.3, -0.25) is 14.9 Å². The number of benzene rings is 1. The van der Waals surface area contributed by atoms with E-state index in [1.54, 1.807) is 0 Å². The van der Waals surface area contributed by atoms with Gasteiger partial charge in [0.05, 0.1) is 17.4 Å². The minimum atomic E-state index is 0.384. The van der Waals surface area contributed by atoms with E-state index in [0.29, 0.717) is 12.1 Å². The molecular formula is C29H35N5. The van der Waals surface area contributed by atoms with E-state index in [1.165, 1.54) is 35.2 Å². The van der Waals surface area contributed by atoms with Crippen LogP contribution in [0.25, 0.3) is 0 Å². The molecule has 5 nitrogen and oxygen atoms in total. The van der Waals surface area contributed by atoms with E-state index in [9.17, 15) is 0 Å². The standard InChI is InChI=1S/C29H35N5/c1-2-10-25-20-33-27(19-24(25)9-1)22-34(28-14-7-11-23-12-8-17-32-29(23)28)18-6-5-15-30-21-26-13-3-4-16-31-26/h1-6,8-10,12-13,16-17,27-28,30,33H,7,11,14-15,18-22H2/b6-5+. The summed E-state index contributed by atoms with van der Waals surface area (Å²) < 4.78 is 0. The van der Waals surface area contributed by atoms with Crippen LogP contribution in [0.1, 0.15) is 47.0 Å². The lowest BCUT2D eigenvalue weighted by atomic mass is 9.89. The Bertz CT molecular complexity index is 1080. The second-order valence-corrected chi connectivity index (χ2v) is 9.38. The molecule has 0 radical (unpaired) electrons. The molecule has 2 unspecified atom stereocenters. The molecule has 2 N–H and O–H groups in total. The Hall–Kier alpha value is -2.86. The molecule has 1 aliphatic heterocycles. The Balaban J connectivity index is 1.24. The number of hydrogen-bond donors (Lipinski definition) is 2. The summed E-state index contributed by atoms with van der Waals surface area (Å²) in [6, 6.07) is 20.1. The first-order valence-corrected chi connectivity index (χ1v) is 12.6. The van der Waals surface area contributed by atoms with Crippen molar-refractivity contribution >= 4 is 0 Å². The maximum atomic E-state index is 4.84. The van der Waals surface area contributed by atoms with Crippen molar-refractivity contribution in [3.8, 4) is 0 Å². The van der Waals surface area contributed by atoms with Gasteiger partial charge in [-0.25, -0.2) is 0 Å².